The molecule has 1 atom stereocenters. The van der Waals surface area contributed by atoms with Crippen LogP contribution in [0.5, 0.6) is 0 Å². The molecule has 2 aliphatic heterocycles. The number of para-hydroxylation sites is 1. The number of aromatic nitrogens is 1. The normalized spacial score (nSPS) is 17.9. The van der Waals surface area contributed by atoms with Gasteiger partial charge in [0.2, 0.25) is 0 Å². The van der Waals surface area contributed by atoms with Gasteiger partial charge in [-0.05, 0) is 55.4 Å². The standard InChI is InChI=1S/C20H23N3O.CH2O2/c24-20(18-8-3-5-16-6-4-11-22-19(16)18)23-12-9-15(14-23)13-17-7-1-2-10-21-17;2-1-3/h1-3,5,7-8,10,15,22H,4,6,9,11-14H2;1H,(H,2,3). The van der Waals surface area contributed by atoms with Crippen LogP contribution in [-0.4, -0.2) is 47.0 Å². The summed E-state index contributed by atoms with van der Waals surface area (Å²) in [6.45, 7) is 2.39. The molecule has 1 aromatic heterocycles. The maximum absolute atomic E-state index is 13.0. The van der Waals surface area contributed by atoms with Crippen molar-refractivity contribution in [3.63, 3.8) is 0 Å². The van der Waals surface area contributed by atoms with E-state index in [1.165, 1.54) is 5.56 Å². The monoisotopic (exact) mass is 367 g/mol. The largest absolute Gasteiger partial charge is 0.483 e. The Hall–Kier alpha value is -2.89. The van der Waals surface area contributed by atoms with E-state index in [1.807, 2.05) is 35.4 Å². The molecule has 2 aromatic rings. The highest BCUT2D eigenvalue weighted by atomic mass is 16.3. The van der Waals surface area contributed by atoms with Crippen LogP contribution in [-0.2, 0) is 17.6 Å². The maximum atomic E-state index is 13.0. The zero-order valence-electron chi connectivity index (χ0n) is 15.3. The number of fused-ring (bicyclic) bond motifs is 1. The molecule has 3 heterocycles. The van der Waals surface area contributed by atoms with Crippen molar-refractivity contribution in [1.29, 1.82) is 0 Å². The minimum atomic E-state index is -0.250. The SMILES string of the molecule is O=C(c1cccc2c1NCCC2)N1CCC(Cc2ccccn2)C1.O=CO. The zero-order chi connectivity index (χ0) is 19.1. The van der Waals surface area contributed by atoms with Crippen LogP contribution in [0.1, 0.15) is 34.5 Å². The number of aryl methyl sites for hydroxylation is 1. The van der Waals surface area contributed by atoms with E-state index >= 15 is 0 Å². The quantitative estimate of drug-likeness (QED) is 0.815. The van der Waals surface area contributed by atoms with Crippen molar-refractivity contribution in [3.8, 4) is 0 Å². The Bertz CT molecular complexity index is 779. The summed E-state index contributed by atoms with van der Waals surface area (Å²) in [5.41, 5.74) is 4.29. The lowest BCUT2D eigenvalue weighted by Gasteiger charge is -2.23. The fraction of sp³-hybridized carbons (Fsp3) is 0.381. The first-order chi connectivity index (χ1) is 13.2. The molecule has 0 radical (unpaired) electrons. The highest BCUT2D eigenvalue weighted by Gasteiger charge is 2.29. The molecular formula is C21H25N3O3. The molecule has 0 aliphatic carbocycles. The Morgan fingerprint density at radius 2 is 2.15 bits per heavy atom. The van der Waals surface area contributed by atoms with Crippen molar-refractivity contribution in [1.82, 2.24) is 9.88 Å². The summed E-state index contributed by atoms with van der Waals surface area (Å²) in [5.74, 6) is 0.682. The van der Waals surface area contributed by atoms with Gasteiger partial charge < -0.3 is 15.3 Å². The first kappa shape index (κ1) is 18.9. The molecule has 6 nitrogen and oxygen atoms in total. The van der Waals surface area contributed by atoms with Crippen LogP contribution in [0, 0.1) is 5.92 Å². The van der Waals surface area contributed by atoms with Crippen molar-refractivity contribution in [2.24, 2.45) is 5.92 Å². The summed E-state index contributed by atoms with van der Waals surface area (Å²) < 4.78 is 0. The number of carbonyl (C=O) groups excluding carboxylic acids is 1. The molecule has 1 fully saturated rings. The highest BCUT2D eigenvalue weighted by molar-refractivity contribution is 6.00. The average molecular weight is 367 g/mol. The number of likely N-dealkylation sites (tertiary alicyclic amines) is 1. The number of amides is 1. The third-order valence-electron chi connectivity index (χ3n) is 5.10. The Kier molecular flexibility index (Phi) is 6.41. The lowest BCUT2D eigenvalue weighted by Crippen LogP contribution is -2.30. The van der Waals surface area contributed by atoms with Crippen molar-refractivity contribution >= 4 is 18.1 Å². The molecule has 0 saturated carbocycles. The number of pyridine rings is 1. The number of carbonyl (C=O) groups is 2. The minimum absolute atomic E-state index is 0.171. The Balaban J connectivity index is 0.000000659. The second-order valence-electron chi connectivity index (χ2n) is 6.91. The third kappa shape index (κ3) is 4.64. The van der Waals surface area contributed by atoms with Crippen LogP contribution in [0.4, 0.5) is 5.69 Å². The van der Waals surface area contributed by atoms with Crippen LogP contribution in [0.2, 0.25) is 0 Å². The van der Waals surface area contributed by atoms with Crippen molar-refractivity contribution in [2.75, 3.05) is 25.0 Å². The van der Waals surface area contributed by atoms with Crippen LogP contribution in [0.3, 0.4) is 0 Å². The third-order valence-corrected chi connectivity index (χ3v) is 5.10. The van der Waals surface area contributed by atoms with Gasteiger partial charge in [-0.1, -0.05) is 18.2 Å². The number of anilines is 1. The van der Waals surface area contributed by atoms with E-state index in [9.17, 15) is 4.79 Å². The molecular weight excluding hydrogens is 342 g/mol. The van der Waals surface area contributed by atoms with Gasteiger partial charge in [0.25, 0.3) is 12.4 Å². The van der Waals surface area contributed by atoms with Crippen LogP contribution < -0.4 is 5.32 Å². The summed E-state index contributed by atoms with van der Waals surface area (Å²) in [6, 6.07) is 12.2. The summed E-state index contributed by atoms with van der Waals surface area (Å²) in [5, 5.41) is 10.3. The molecule has 2 aliphatic rings. The number of hydrogen-bond donors (Lipinski definition) is 2. The van der Waals surface area contributed by atoms with Crippen molar-refractivity contribution in [3.05, 3.63) is 59.4 Å². The van der Waals surface area contributed by atoms with E-state index in [0.717, 1.165) is 62.3 Å². The molecule has 1 unspecified atom stereocenters. The number of hydrogen-bond acceptors (Lipinski definition) is 4. The molecule has 6 heteroatoms. The maximum Gasteiger partial charge on any atom is 0.290 e. The molecule has 2 N–H and O–H groups in total. The lowest BCUT2D eigenvalue weighted by atomic mass is 9.98. The Morgan fingerprint density at radius 1 is 1.30 bits per heavy atom. The van der Waals surface area contributed by atoms with Crippen LogP contribution in [0.15, 0.2) is 42.6 Å². The van der Waals surface area contributed by atoms with Gasteiger partial charge in [0.1, 0.15) is 0 Å². The summed E-state index contributed by atoms with van der Waals surface area (Å²) >= 11 is 0. The first-order valence-corrected chi connectivity index (χ1v) is 9.35. The summed E-state index contributed by atoms with van der Waals surface area (Å²) in [7, 11) is 0. The molecule has 142 valence electrons. The second-order valence-corrected chi connectivity index (χ2v) is 6.91. The van der Waals surface area contributed by atoms with Gasteiger partial charge in [-0.3, -0.25) is 14.6 Å². The summed E-state index contributed by atoms with van der Waals surface area (Å²) in [4.78, 5) is 27.8. The molecule has 0 bridgehead atoms. The number of nitrogens with one attached hydrogen (secondary N) is 1. The number of nitrogens with zero attached hydrogens (tertiary/aromatic N) is 2. The smallest absolute Gasteiger partial charge is 0.290 e. The van der Waals surface area contributed by atoms with E-state index in [0.29, 0.717) is 5.92 Å². The van der Waals surface area contributed by atoms with Crippen LogP contribution >= 0.6 is 0 Å². The van der Waals surface area contributed by atoms with Gasteiger partial charge in [-0.15, -0.1) is 0 Å². The molecule has 1 amide bonds. The van der Waals surface area contributed by atoms with Gasteiger partial charge in [0.15, 0.2) is 0 Å². The van der Waals surface area contributed by atoms with Gasteiger partial charge in [0, 0.05) is 31.5 Å². The number of carboxylic acid groups (broad SMARTS) is 1. The first-order valence-electron chi connectivity index (χ1n) is 9.35. The topological polar surface area (TPSA) is 82.5 Å². The Morgan fingerprint density at radius 3 is 2.93 bits per heavy atom. The van der Waals surface area contributed by atoms with Crippen LogP contribution in [0.25, 0.3) is 0 Å². The van der Waals surface area contributed by atoms with Gasteiger partial charge in [-0.2, -0.15) is 0 Å². The van der Waals surface area contributed by atoms with E-state index in [2.05, 4.69) is 22.4 Å². The van der Waals surface area contributed by atoms with Crippen molar-refractivity contribution in [2.45, 2.75) is 25.7 Å². The Labute approximate surface area is 159 Å². The molecule has 0 spiro atoms. The molecule has 4 rings (SSSR count). The van der Waals surface area contributed by atoms with Gasteiger partial charge >= 0.3 is 0 Å². The van der Waals surface area contributed by atoms with Gasteiger partial charge in [0.05, 0.1) is 11.3 Å². The lowest BCUT2D eigenvalue weighted by molar-refractivity contribution is -0.122. The molecule has 27 heavy (non-hydrogen) atoms. The van der Waals surface area contributed by atoms with E-state index in [-0.39, 0.29) is 12.4 Å². The fourth-order valence-electron chi connectivity index (χ4n) is 3.86. The summed E-state index contributed by atoms with van der Waals surface area (Å²) in [6.07, 6.45) is 6.06. The number of rotatable bonds is 3. The van der Waals surface area contributed by atoms with E-state index in [4.69, 9.17) is 9.90 Å². The van der Waals surface area contributed by atoms with Gasteiger partial charge in [-0.25, -0.2) is 0 Å². The van der Waals surface area contributed by atoms with E-state index in [1.54, 1.807) is 0 Å². The fourth-order valence-corrected chi connectivity index (χ4v) is 3.86. The molecule has 1 saturated heterocycles. The predicted octanol–water partition coefficient (Wildman–Crippen LogP) is 2.85. The zero-order valence-corrected chi connectivity index (χ0v) is 15.3. The number of benzene rings is 1. The average Bonchev–Trinajstić information content (AvgIpc) is 3.17. The van der Waals surface area contributed by atoms with E-state index < -0.39 is 0 Å². The molecule has 1 aromatic carbocycles. The second kappa shape index (κ2) is 9.16. The minimum Gasteiger partial charge on any atom is -0.483 e. The van der Waals surface area contributed by atoms with Crippen molar-refractivity contribution < 1.29 is 14.7 Å². The predicted molar refractivity (Wildman–Crippen MR) is 104 cm³/mol. The highest BCUT2D eigenvalue weighted by Crippen LogP contribution is 2.29.